The first-order valence-electron chi connectivity index (χ1n) is 8.34. The van der Waals surface area contributed by atoms with Crippen molar-refractivity contribution in [2.75, 3.05) is 36.4 Å². The van der Waals surface area contributed by atoms with Gasteiger partial charge in [0.1, 0.15) is 17.5 Å². The molecule has 1 aromatic heterocycles. The molecule has 1 amide bonds. The van der Waals surface area contributed by atoms with Crippen molar-refractivity contribution in [1.82, 2.24) is 14.9 Å². The molecule has 1 saturated heterocycles. The van der Waals surface area contributed by atoms with Gasteiger partial charge in [-0.1, -0.05) is 19.1 Å². The van der Waals surface area contributed by atoms with E-state index in [-0.39, 0.29) is 0 Å². The van der Waals surface area contributed by atoms with Crippen molar-refractivity contribution in [3.05, 3.63) is 41.7 Å². The molecule has 3 rings (SSSR count). The number of amides is 1. The summed E-state index contributed by atoms with van der Waals surface area (Å²) in [7, 11) is 0. The van der Waals surface area contributed by atoms with E-state index in [1.807, 2.05) is 13.0 Å². The number of piperazine rings is 1. The predicted octanol–water partition coefficient (Wildman–Crippen LogP) is 2.37. The van der Waals surface area contributed by atoms with E-state index in [1.54, 1.807) is 4.90 Å². The molecule has 0 saturated carbocycles. The van der Waals surface area contributed by atoms with E-state index < -0.39 is 0 Å². The van der Waals surface area contributed by atoms with E-state index in [0.29, 0.717) is 0 Å². The molecular formula is C18H23N5O. The zero-order valence-corrected chi connectivity index (χ0v) is 14.2. The van der Waals surface area contributed by atoms with Crippen molar-refractivity contribution in [2.24, 2.45) is 0 Å². The molecule has 126 valence electrons. The second-order valence-electron chi connectivity index (χ2n) is 5.96. The monoisotopic (exact) mass is 325 g/mol. The van der Waals surface area contributed by atoms with E-state index in [0.717, 1.165) is 62.2 Å². The predicted molar refractivity (Wildman–Crippen MR) is 95.7 cm³/mol. The van der Waals surface area contributed by atoms with Crippen molar-refractivity contribution >= 4 is 23.7 Å². The standard InChI is InChI=1S/C18H23N5O/c1-3-15-4-6-16(7-5-15)21-17-12-18(20-14(2)19-17)23-10-8-22(13-24)9-11-23/h4-7,12-13H,3,8-11H2,1-2H3,(H,19,20,21). The Labute approximate surface area is 142 Å². The fourth-order valence-electron chi connectivity index (χ4n) is 2.81. The van der Waals surface area contributed by atoms with Crippen LogP contribution in [0.2, 0.25) is 0 Å². The Morgan fingerprint density at radius 3 is 2.46 bits per heavy atom. The smallest absolute Gasteiger partial charge is 0.209 e. The molecule has 24 heavy (non-hydrogen) atoms. The minimum atomic E-state index is 0.730. The van der Waals surface area contributed by atoms with E-state index in [2.05, 4.69) is 51.4 Å². The topological polar surface area (TPSA) is 61.4 Å². The average Bonchev–Trinajstić information content (AvgIpc) is 2.62. The Morgan fingerprint density at radius 1 is 1.12 bits per heavy atom. The SMILES string of the molecule is CCc1ccc(Nc2cc(N3CCN(C=O)CC3)nc(C)n2)cc1. The quantitative estimate of drug-likeness (QED) is 0.855. The van der Waals surface area contributed by atoms with Crippen LogP contribution >= 0.6 is 0 Å². The van der Waals surface area contributed by atoms with E-state index in [9.17, 15) is 4.79 Å². The number of benzene rings is 1. The molecule has 1 fully saturated rings. The maximum absolute atomic E-state index is 10.8. The number of aryl methyl sites for hydroxylation is 2. The van der Waals surface area contributed by atoms with Crippen molar-refractivity contribution < 1.29 is 4.79 Å². The van der Waals surface area contributed by atoms with Crippen LogP contribution in [0.25, 0.3) is 0 Å². The second kappa shape index (κ2) is 7.29. The lowest BCUT2D eigenvalue weighted by Gasteiger charge is -2.33. The van der Waals surface area contributed by atoms with Crippen LogP contribution in [0.15, 0.2) is 30.3 Å². The molecule has 0 aliphatic carbocycles. The first-order valence-corrected chi connectivity index (χ1v) is 8.34. The molecule has 0 bridgehead atoms. The Hall–Kier alpha value is -2.63. The van der Waals surface area contributed by atoms with Crippen molar-refractivity contribution in [3.63, 3.8) is 0 Å². The third kappa shape index (κ3) is 3.82. The maximum Gasteiger partial charge on any atom is 0.209 e. The number of hydrogen-bond donors (Lipinski definition) is 1. The molecule has 6 heteroatoms. The minimum Gasteiger partial charge on any atom is -0.353 e. The lowest BCUT2D eigenvalue weighted by atomic mass is 10.1. The Morgan fingerprint density at radius 2 is 1.83 bits per heavy atom. The fourth-order valence-corrected chi connectivity index (χ4v) is 2.81. The summed E-state index contributed by atoms with van der Waals surface area (Å²) in [6, 6.07) is 10.3. The van der Waals surface area contributed by atoms with Gasteiger partial charge in [-0.15, -0.1) is 0 Å². The van der Waals surface area contributed by atoms with Gasteiger partial charge in [-0.05, 0) is 31.0 Å². The summed E-state index contributed by atoms with van der Waals surface area (Å²) in [6.45, 7) is 7.09. The van der Waals surface area contributed by atoms with Crippen molar-refractivity contribution in [1.29, 1.82) is 0 Å². The van der Waals surface area contributed by atoms with Gasteiger partial charge in [0.15, 0.2) is 0 Å². The van der Waals surface area contributed by atoms with Gasteiger partial charge in [-0.3, -0.25) is 4.79 Å². The molecule has 0 atom stereocenters. The van der Waals surface area contributed by atoms with E-state index in [1.165, 1.54) is 5.56 Å². The van der Waals surface area contributed by atoms with Crippen LogP contribution in [0.3, 0.4) is 0 Å². The van der Waals surface area contributed by atoms with E-state index in [4.69, 9.17) is 0 Å². The van der Waals surface area contributed by atoms with Crippen LogP contribution in [0, 0.1) is 6.92 Å². The van der Waals surface area contributed by atoms with Crippen LogP contribution in [-0.4, -0.2) is 47.5 Å². The van der Waals surface area contributed by atoms with Gasteiger partial charge in [0, 0.05) is 37.9 Å². The first-order chi connectivity index (χ1) is 11.7. The minimum absolute atomic E-state index is 0.730. The maximum atomic E-state index is 10.8. The number of nitrogens with one attached hydrogen (secondary N) is 1. The largest absolute Gasteiger partial charge is 0.353 e. The molecule has 0 radical (unpaired) electrons. The summed E-state index contributed by atoms with van der Waals surface area (Å²) in [5, 5.41) is 3.35. The van der Waals surface area contributed by atoms with Gasteiger partial charge in [0.2, 0.25) is 6.41 Å². The Bertz CT molecular complexity index is 693. The summed E-state index contributed by atoms with van der Waals surface area (Å²) >= 11 is 0. The molecular weight excluding hydrogens is 302 g/mol. The highest BCUT2D eigenvalue weighted by molar-refractivity contribution is 5.60. The lowest BCUT2D eigenvalue weighted by Crippen LogP contribution is -2.46. The molecule has 6 nitrogen and oxygen atoms in total. The van der Waals surface area contributed by atoms with Gasteiger partial charge in [0.05, 0.1) is 0 Å². The van der Waals surface area contributed by atoms with E-state index >= 15 is 0 Å². The van der Waals surface area contributed by atoms with Gasteiger partial charge in [0.25, 0.3) is 0 Å². The van der Waals surface area contributed by atoms with Crippen LogP contribution in [0.5, 0.6) is 0 Å². The number of hydrogen-bond acceptors (Lipinski definition) is 5. The first kappa shape index (κ1) is 16.2. The molecule has 1 aliphatic rings. The average molecular weight is 325 g/mol. The third-order valence-corrected chi connectivity index (χ3v) is 4.25. The molecule has 1 N–H and O–H groups in total. The zero-order valence-electron chi connectivity index (χ0n) is 14.2. The van der Waals surface area contributed by atoms with Gasteiger partial charge >= 0.3 is 0 Å². The Balaban J connectivity index is 1.74. The van der Waals surface area contributed by atoms with Crippen LogP contribution < -0.4 is 10.2 Å². The van der Waals surface area contributed by atoms with Crippen molar-refractivity contribution in [3.8, 4) is 0 Å². The van der Waals surface area contributed by atoms with Gasteiger partial charge in [-0.25, -0.2) is 9.97 Å². The lowest BCUT2D eigenvalue weighted by molar-refractivity contribution is -0.118. The van der Waals surface area contributed by atoms with Crippen LogP contribution in [0.1, 0.15) is 18.3 Å². The van der Waals surface area contributed by atoms with Crippen LogP contribution in [0.4, 0.5) is 17.3 Å². The van der Waals surface area contributed by atoms with Gasteiger partial charge < -0.3 is 15.1 Å². The number of aromatic nitrogens is 2. The summed E-state index contributed by atoms with van der Waals surface area (Å²) in [6.07, 6.45) is 1.94. The normalized spacial score (nSPS) is 14.6. The number of nitrogens with zero attached hydrogens (tertiary/aromatic N) is 4. The van der Waals surface area contributed by atoms with Gasteiger partial charge in [-0.2, -0.15) is 0 Å². The number of anilines is 3. The van der Waals surface area contributed by atoms with Crippen LogP contribution in [-0.2, 0) is 11.2 Å². The number of carbonyl (C=O) groups is 1. The summed E-state index contributed by atoms with van der Waals surface area (Å²) in [4.78, 5) is 23.8. The summed E-state index contributed by atoms with van der Waals surface area (Å²) in [5.74, 6) is 2.43. The molecule has 1 aliphatic heterocycles. The third-order valence-electron chi connectivity index (χ3n) is 4.25. The highest BCUT2D eigenvalue weighted by Gasteiger charge is 2.17. The number of rotatable bonds is 5. The highest BCUT2D eigenvalue weighted by atomic mass is 16.1. The molecule has 2 heterocycles. The summed E-state index contributed by atoms with van der Waals surface area (Å²) in [5.41, 5.74) is 2.33. The second-order valence-corrected chi connectivity index (χ2v) is 5.96. The molecule has 1 aromatic carbocycles. The zero-order chi connectivity index (χ0) is 16.9. The molecule has 2 aromatic rings. The molecule has 0 spiro atoms. The Kier molecular flexibility index (Phi) is 4.93. The van der Waals surface area contributed by atoms with Crippen molar-refractivity contribution in [2.45, 2.75) is 20.3 Å². The highest BCUT2D eigenvalue weighted by Crippen LogP contribution is 2.21. The molecule has 0 unspecified atom stereocenters. The fraction of sp³-hybridized carbons (Fsp3) is 0.389. The number of carbonyl (C=O) groups excluding carboxylic acids is 1. The summed E-state index contributed by atoms with van der Waals surface area (Å²) < 4.78 is 0.